The van der Waals surface area contributed by atoms with Gasteiger partial charge in [0.1, 0.15) is 5.82 Å². The van der Waals surface area contributed by atoms with Gasteiger partial charge in [-0.15, -0.1) is 0 Å². The van der Waals surface area contributed by atoms with E-state index in [1.165, 1.54) is 0 Å². The molecule has 18 heavy (non-hydrogen) atoms. The van der Waals surface area contributed by atoms with Gasteiger partial charge in [-0.1, -0.05) is 24.3 Å². The van der Waals surface area contributed by atoms with Crippen LogP contribution in [0, 0.1) is 24.1 Å². The molecule has 0 fully saturated rings. The van der Waals surface area contributed by atoms with E-state index in [1.54, 1.807) is 25.3 Å². The maximum absolute atomic E-state index is 13.8. The summed E-state index contributed by atoms with van der Waals surface area (Å²) in [6, 6.07) is 11.1. The van der Waals surface area contributed by atoms with Crippen LogP contribution in [-0.4, -0.2) is 4.98 Å². The molecule has 0 aliphatic heterocycles. The zero-order valence-corrected chi connectivity index (χ0v) is 10.2. The second-order valence-electron chi connectivity index (χ2n) is 4.22. The van der Waals surface area contributed by atoms with Crippen molar-refractivity contribution >= 4 is 0 Å². The van der Waals surface area contributed by atoms with Gasteiger partial charge >= 0.3 is 0 Å². The minimum Gasteiger partial charge on any atom is -0.260 e. The maximum Gasteiger partial charge on any atom is 0.129 e. The number of nitrogens with zero attached hydrogens (tertiary/aromatic N) is 2. The van der Waals surface area contributed by atoms with Crippen LogP contribution in [0.1, 0.15) is 22.4 Å². The third-order valence-electron chi connectivity index (χ3n) is 2.81. The van der Waals surface area contributed by atoms with Gasteiger partial charge < -0.3 is 0 Å². The van der Waals surface area contributed by atoms with Crippen LogP contribution in [0.15, 0.2) is 36.5 Å². The van der Waals surface area contributed by atoms with Crippen LogP contribution in [0.5, 0.6) is 0 Å². The fourth-order valence-corrected chi connectivity index (χ4v) is 1.81. The van der Waals surface area contributed by atoms with E-state index in [1.807, 2.05) is 24.3 Å². The third-order valence-corrected chi connectivity index (χ3v) is 2.81. The zero-order valence-electron chi connectivity index (χ0n) is 10.2. The molecule has 0 N–H and O–H groups in total. The molecule has 2 aromatic rings. The number of aryl methyl sites for hydroxylation is 1. The molecular weight excluding hydrogens is 227 g/mol. The first-order valence-corrected chi connectivity index (χ1v) is 5.75. The van der Waals surface area contributed by atoms with Gasteiger partial charge in [0.2, 0.25) is 0 Å². The maximum atomic E-state index is 13.8. The molecule has 0 aliphatic rings. The van der Waals surface area contributed by atoms with Crippen LogP contribution >= 0.6 is 0 Å². The fraction of sp³-hybridized carbons (Fsp3) is 0.200. The Kier molecular flexibility index (Phi) is 3.69. The van der Waals surface area contributed by atoms with Gasteiger partial charge in [-0.3, -0.25) is 4.98 Å². The number of hydrogen-bond donors (Lipinski definition) is 0. The highest BCUT2D eigenvalue weighted by molar-refractivity contribution is 5.30. The van der Waals surface area contributed by atoms with Crippen molar-refractivity contribution in [1.29, 1.82) is 5.26 Å². The van der Waals surface area contributed by atoms with E-state index >= 15 is 0 Å². The lowest BCUT2D eigenvalue weighted by Gasteiger charge is -2.05. The highest BCUT2D eigenvalue weighted by Gasteiger charge is 2.05. The largest absolute Gasteiger partial charge is 0.260 e. The molecule has 0 aliphatic carbocycles. The number of benzene rings is 1. The van der Waals surface area contributed by atoms with E-state index in [4.69, 9.17) is 5.26 Å². The summed E-state index contributed by atoms with van der Waals surface area (Å²) in [5.41, 5.74) is 3.01. The average Bonchev–Trinajstić information content (AvgIpc) is 2.38. The lowest BCUT2D eigenvalue weighted by atomic mass is 10.0. The first-order valence-electron chi connectivity index (χ1n) is 5.75. The van der Waals surface area contributed by atoms with Gasteiger partial charge in [-0.25, -0.2) is 4.39 Å². The van der Waals surface area contributed by atoms with E-state index in [0.29, 0.717) is 24.0 Å². The van der Waals surface area contributed by atoms with Gasteiger partial charge in [-0.05, 0) is 29.7 Å². The van der Waals surface area contributed by atoms with Crippen molar-refractivity contribution in [2.75, 3.05) is 0 Å². The SMILES string of the molecule is Cc1cccc(Cc2ccc(CC#N)nc2)c1F. The molecular formula is C15H13FN2. The summed E-state index contributed by atoms with van der Waals surface area (Å²) >= 11 is 0. The second kappa shape index (κ2) is 5.42. The fourth-order valence-electron chi connectivity index (χ4n) is 1.81. The van der Waals surface area contributed by atoms with Gasteiger partial charge in [0.25, 0.3) is 0 Å². The van der Waals surface area contributed by atoms with Crippen molar-refractivity contribution in [3.8, 4) is 6.07 Å². The molecule has 0 unspecified atom stereocenters. The Morgan fingerprint density at radius 3 is 2.78 bits per heavy atom. The van der Waals surface area contributed by atoms with Crippen LogP contribution in [0.4, 0.5) is 4.39 Å². The van der Waals surface area contributed by atoms with Crippen molar-refractivity contribution in [3.05, 3.63) is 64.7 Å². The van der Waals surface area contributed by atoms with Crippen molar-refractivity contribution in [3.63, 3.8) is 0 Å². The van der Waals surface area contributed by atoms with Gasteiger partial charge in [-0.2, -0.15) is 5.26 Å². The molecule has 0 radical (unpaired) electrons. The van der Waals surface area contributed by atoms with E-state index in [9.17, 15) is 4.39 Å². The predicted molar refractivity (Wildman–Crippen MR) is 67.5 cm³/mol. The Morgan fingerprint density at radius 1 is 1.28 bits per heavy atom. The predicted octanol–water partition coefficient (Wildman–Crippen LogP) is 3.19. The first kappa shape index (κ1) is 12.3. The van der Waals surface area contributed by atoms with Crippen molar-refractivity contribution in [2.45, 2.75) is 19.8 Å². The molecule has 0 saturated heterocycles. The lowest BCUT2D eigenvalue weighted by Crippen LogP contribution is -1.96. The number of pyridine rings is 1. The molecule has 3 heteroatoms. The average molecular weight is 240 g/mol. The van der Waals surface area contributed by atoms with E-state index < -0.39 is 0 Å². The van der Waals surface area contributed by atoms with Gasteiger partial charge in [0.15, 0.2) is 0 Å². The molecule has 0 saturated carbocycles. The molecule has 0 amide bonds. The van der Waals surface area contributed by atoms with Crippen molar-refractivity contribution in [1.82, 2.24) is 4.98 Å². The van der Waals surface area contributed by atoms with Crippen LogP contribution in [0.3, 0.4) is 0 Å². The molecule has 1 aromatic heterocycles. The number of hydrogen-bond acceptors (Lipinski definition) is 2. The van der Waals surface area contributed by atoms with Gasteiger partial charge in [0.05, 0.1) is 18.2 Å². The molecule has 2 rings (SSSR count). The van der Waals surface area contributed by atoms with E-state index in [-0.39, 0.29) is 5.82 Å². The molecule has 2 nitrogen and oxygen atoms in total. The minimum atomic E-state index is -0.154. The zero-order chi connectivity index (χ0) is 13.0. The Balaban J connectivity index is 2.19. The molecule has 0 spiro atoms. The Morgan fingerprint density at radius 2 is 2.11 bits per heavy atom. The smallest absolute Gasteiger partial charge is 0.129 e. The molecule has 0 bridgehead atoms. The van der Waals surface area contributed by atoms with Crippen LogP contribution < -0.4 is 0 Å². The van der Waals surface area contributed by atoms with Crippen molar-refractivity contribution in [2.24, 2.45) is 0 Å². The molecule has 90 valence electrons. The number of rotatable bonds is 3. The first-order chi connectivity index (χ1) is 8.70. The van der Waals surface area contributed by atoms with Crippen LogP contribution in [0.2, 0.25) is 0 Å². The summed E-state index contributed by atoms with van der Waals surface area (Å²) < 4.78 is 13.8. The minimum absolute atomic E-state index is 0.154. The summed E-state index contributed by atoms with van der Waals surface area (Å²) in [6.45, 7) is 1.76. The summed E-state index contributed by atoms with van der Waals surface area (Å²) in [6.07, 6.45) is 2.53. The third kappa shape index (κ3) is 2.72. The second-order valence-corrected chi connectivity index (χ2v) is 4.22. The lowest BCUT2D eigenvalue weighted by molar-refractivity contribution is 0.604. The Labute approximate surface area is 106 Å². The summed E-state index contributed by atoms with van der Waals surface area (Å²) in [4.78, 5) is 4.17. The normalized spacial score (nSPS) is 10.1. The highest BCUT2D eigenvalue weighted by atomic mass is 19.1. The monoisotopic (exact) mass is 240 g/mol. The van der Waals surface area contributed by atoms with E-state index in [2.05, 4.69) is 4.98 Å². The van der Waals surface area contributed by atoms with Crippen LogP contribution in [0.25, 0.3) is 0 Å². The number of aromatic nitrogens is 1. The van der Waals surface area contributed by atoms with Gasteiger partial charge in [0, 0.05) is 12.6 Å². The van der Waals surface area contributed by atoms with Crippen LogP contribution in [-0.2, 0) is 12.8 Å². The summed E-state index contributed by atoms with van der Waals surface area (Å²) in [5, 5.41) is 8.55. The Bertz CT molecular complexity index is 582. The summed E-state index contributed by atoms with van der Waals surface area (Å²) in [7, 11) is 0. The number of halogens is 1. The quantitative estimate of drug-likeness (QED) is 0.826. The van der Waals surface area contributed by atoms with E-state index in [0.717, 1.165) is 11.3 Å². The molecule has 0 atom stereocenters. The summed E-state index contributed by atoms with van der Waals surface area (Å²) in [5.74, 6) is -0.154. The number of nitriles is 1. The molecule has 1 aromatic carbocycles. The topological polar surface area (TPSA) is 36.7 Å². The Hall–Kier alpha value is -2.21. The van der Waals surface area contributed by atoms with Crippen molar-refractivity contribution < 1.29 is 4.39 Å². The standard InChI is InChI=1S/C15H13FN2/c1-11-3-2-4-13(15(11)16)9-12-5-6-14(7-8-17)18-10-12/h2-6,10H,7,9H2,1H3. The molecule has 1 heterocycles. The highest BCUT2D eigenvalue weighted by Crippen LogP contribution is 2.16.